The molecule has 2 aliphatic heterocycles. The van der Waals surface area contributed by atoms with Crippen molar-refractivity contribution in [1.29, 1.82) is 0 Å². The van der Waals surface area contributed by atoms with Gasteiger partial charge < -0.3 is 15.4 Å². The van der Waals surface area contributed by atoms with Gasteiger partial charge in [-0.15, -0.1) is 5.10 Å². The number of hydrogen-bond acceptors (Lipinski definition) is 8. The number of nitrogens with one attached hydrogen (secondary N) is 2. The predicted octanol–water partition coefficient (Wildman–Crippen LogP) is 2.72. The molecule has 6 rings (SSSR count). The summed E-state index contributed by atoms with van der Waals surface area (Å²) >= 11 is 0. The Labute approximate surface area is 231 Å². The van der Waals surface area contributed by atoms with E-state index in [1.165, 1.54) is 12.6 Å². The summed E-state index contributed by atoms with van der Waals surface area (Å²) in [5, 5.41) is 18.6. The molecule has 40 heavy (non-hydrogen) atoms. The minimum absolute atomic E-state index is 0.162. The van der Waals surface area contributed by atoms with Crippen LogP contribution in [0.1, 0.15) is 59.3 Å². The fourth-order valence-electron chi connectivity index (χ4n) is 5.36. The third-order valence-electron chi connectivity index (χ3n) is 7.90. The number of aromatic nitrogens is 6. The van der Waals surface area contributed by atoms with E-state index in [1.54, 1.807) is 23.7 Å². The molecule has 0 spiro atoms. The van der Waals surface area contributed by atoms with E-state index in [0.717, 1.165) is 30.8 Å². The van der Waals surface area contributed by atoms with E-state index in [1.807, 2.05) is 29.1 Å². The van der Waals surface area contributed by atoms with E-state index in [2.05, 4.69) is 49.8 Å². The Balaban J connectivity index is 1.14. The first kappa shape index (κ1) is 26.1. The second-order valence-corrected chi connectivity index (χ2v) is 11.0. The van der Waals surface area contributed by atoms with Crippen molar-refractivity contribution in [2.24, 2.45) is 0 Å². The molecule has 0 atom stereocenters. The lowest BCUT2D eigenvalue weighted by Crippen LogP contribution is -2.43. The van der Waals surface area contributed by atoms with E-state index in [9.17, 15) is 9.59 Å². The Morgan fingerprint density at radius 2 is 2.02 bits per heavy atom. The minimum Gasteiger partial charge on any atom is -0.377 e. The van der Waals surface area contributed by atoms with E-state index in [0.29, 0.717) is 42.2 Å². The maximum atomic E-state index is 13.2. The molecule has 2 aliphatic rings. The topological polar surface area (TPSA) is 132 Å². The lowest BCUT2D eigenvalue weighted by atomic mass is 10.0. The molecule has 2 saturated heterocycles. The molecule has 208 valence electrons. The molecule has 12 nitrogen and oxygen atoms in total. The molecule has 4 aromatic rings. The van der Waals surface area contributed by atoms with Crippen molar-refractivity contribution in [3.63, 3.8) is 0 Å². The molecule has 0 radical (unpaired) electrons. The molecule has 2 amide bonds. The number of fused-ring (bicyclic) bond motifs is 1. The monoisotopic (exact) mass is 543 g/mol. The zero-order chi connectivity index (χ0) is 27.9. The maximum absolute atomic E-state index is 13.2. The molecular weight excluding hydrogens is 510 g/mol. The van der Waals surface area contributed by atoms with E-state index in [4.69, 9.17) is 4.74 Å². The summed E-state index contributed by atoms with van der Waals surface area (Å²) in [4.78, 5) is 32.8. The molecule has 0 aromatic carbocycles. The highest BCUT2D eigenvalue weighted by molar-refractivity contribution is 6.08. The lowest BCUT2D eigenvalue weighted by molar-refractivity contribution is -0.0278. The molecule has 0 unspecified atom stereocenters. The standard InChI is InChI=1S/C28H33N9O3/c1-18-22(13-20(14-30-18)26(38)29-10-12-35-11-4-8-28(35,2)3)32-27(39)25-24-6-5-19(15-36(24)34-33-25)23-7-9-31-37(23)21-16-40-17-21/h5-7,9,13-15,21H,4,8,10-12,16-17H2,1-3H3,(H,29,38)(H,32,39). The van der Waals surface area contributed by atoms with Gasteiger partial charge in [0.1, 0.15) is 0 Å². The van der Waals surface area contributed by atoms with E-state index < -0.39 is 5.91 Å². The third-order valence-corrected chi connectivity index (χ3v) is 7.90. The first-order valence-electron chi connectivity index (χ1n) is 13.6. The predicted molar refractivity (Wildman–Crippen MR) is 148 cm³/mol. The van der Waals surface area contributed by atoms with Crippen LogP contribution in [0.4, 0.5) is 5.69 Å². The fraction of sp³-hybridized carbons (Fsp3) is 0.429. The van der Waals surface area contributed by atoms with Crippen LogP contribution in [-0.4, -0.2) is 84.7 Å². The van der Waals surface area contributed by atoms with Crippen LogP contribution in [0.25, 0.3) is 16.8 Å². The van der Waals surface area contributed by atoms with Gasteiger partial charge in [0.05, 0.1) is 47.4 Å². The van der Waals surface area contributed by atoms with Gasteiger partial charge in [0.25, 0.3) is 11.8 Å². The largest absolute Gasteiger partial charge is 0.377 e. The number of carbonyl (C=O) groups is 2. The van der Waals surface area contributed by atoms with Crippen molar-refractivity contribution in [3.8, 4) is 11.3 Å². The zero-order valence-electron chi connectivity index (χ0n) is 22.9. The summed E-state index contributed by atoms with van der Waals surface area (Å²) in [5.41, 5.74) is 4.16. The average Bonchev–Trinajstić information content (AvgIpc) is 3.62. The van der Waals surface area contributed by atoms with Crippen LogP contribution in [0, 0.1) is 6.92 Å². The second kappa shape index (κ2) is 10.4. The first-order chi connectivity index (χ1) is 19.3. The third kappa shape index (κ3) is 4.95. The summed E-state index contributed by atoms with van der Waals surface area (Å²) in [6.07, 6.45) is 7.45. The average molecular weight is 544 g/mol. The van der Waals surface area contributed by atoms with Crippen molar-refractivity contribution in [1.82, 2.24) is 39.8 Å². The SMILES string of the molecule is Cc1ncc(C(=O)NCCN2CCCC2(C)C)cc1NC(=O)c1nnn2cc(-c3ccnn3C3COC3)ccc12. The fourth-order valence-corrected chi connectivity index (χ4v) is 5.36. The number of likely N-dealkylation sites (tertiary alicyclic amines) is 1. The van der Waals surface area contributed by atoms with Crippen LogP contribution < -0.4 is 10.6 Å². The first-order valence-corrected chi connectivity index (χ1v) is 13.6. The van der Waals surface area contributed by atoms with Crippen LogP contribution in [-0.2, 0) is 4.74 Å². The number of carbonyl (C=O) groups excluding carboxylic acids is 2. The number of nitrogens with zero attached hydrogens (tertiary/aromatic N) is 7. The summed E-state index contributed by atoms with van der Waals surface area (Å²) < 4.78 is 8.83. The Morgan fingerprint density at radius 3 is 2.77 bits per heavy atom. The molecule has 0 bridgehead atoms. The number of anilines is 1. The lowest BCUT2D eigenvalue weighted by Gasteiger charge is -2.31. The molecule has 4 aromatic heterocycles. The molecule has 2 N–H and O–H groups in total. The molecular formula is C28H33N9O3. The summed E-state index contributed by atoms with van der Waals surface area (Å²) in [6.45, 7) is 9.91. The van der Waals surface area contributed by atoms with Crippen molar-refractivity contribution in [3.05, 3.63) is 59.8 Å². The van der Waals surface area contributed by atoms with Gasteiger partial charge in [-0.05, 0) is 64.4 Å². The van der Waals surface area contributed by atoms with Crippen molar-refractivity contribution < 1.29 is 14.3 Å². The zero-order valence-corrected chi connectivity index (χ0v) is 22.9. The van der Waals surface area contributed by atoms with E-state index in [-0.39, 0.29) is 23.2 Å². The highest BCUT2D eigenvalue weighted by Gasteiger charge is 2.31. The van der Waals surface area contributed by atoms with Gasteiger partial charge >= 0.3 is 0 Å². The smallest absolute Gasteiger partial charge is 0.278 e. The number of pyridine rings is 2. The number of rotatable bonds is 8. The molecule has 0 aliphatic carbocycles. The van der Waals surface area contributed by atoms with Crippen molar-refractivity contribution in [2.75, 3.05) is 38.2 Å². The number of aryl methyl sites for hydroxylation is 1. The van der Waals surface area contributed by atoms with Crippen LogP contribution in [0.3, 0.4) is 0 Å². The molecule has 6 heterocycles. The highest BCUT2D eigenvalue weighted by atomic mass is 16.5. The summed E-state index contributed by atoms with van der Waals surface area (Å²) in [5.74, 6) is -0.660. The normalized spacial score (nSPS) is 17.2. The molecule has 2 fully saturated rings. The summed E-state index contributed by atoms with van der Waals surface area (Å²) in [6, 6.07) is 7.53. The van der Waals surface area contributed by atoms with Crippen LogP contribution in [0.15, 0.2) is 42.9 Å². The number of amides is 2. The van der Waals surface area contributed by atoms with E-state index >= 15 is 0 Å². The Bertz CT molecular complexity index is 1570. The number of ether oxygens (including phenoxy) is 1. The Kier molecular flexibility index (Phi) is 6.80. The minimum atomic E-state index is -0.432. The van der Waals surface area contributed by atoms with Gasteiger partial charge in [0.15, 0.2) is 5.69 Å². The van der Waals surface area contributed by atoms with Crippen molar-refractivity contribution in [2.45, 2.75) is 45.2 Å². The van der Waals surface area contributed by atoms with Crippen LogP contribution in [0.5, 0.6) is 0 Å². The molecule has 0 saturated carbocycles. The number of hydrogen-bond donors (Lipinski definition) is 2. The van der Waals surface area contributed by atoms with Crippen LogP contribution in [0.2, 0.25) is 0 Å². The Morgan fingerprint density at radius 1 is 1.18 bits per heavy atom. The maximum Gasteiger partial charge on any atom is 0.278 e. The van der Waals surface area contributed by atoms with Crippen molar-refractivity contribution >= 4 is 23.0 Å². The van der Waals surface area contributed by atoms with Gasteiger partial charge in [-0.25, -0.2) is 4.52 Å². The highest BCUT2D eigenvalue weighted by Crippen LogP contribution is 2.28. The molecule has 12 heteroatoms. The van der Waals surface area contributed by atoms with Gasteiger partial charge in [0.2, 0.25) is 0 Å². The van der Waals surface area contributed by atoms with Crippen LogP contribution >= 0.6 is 0 Å². The summed E-state index contributed by atoms with van der Waals surface area (Å²) in [7, 11) is 0. The van der Waals surface area contributed by atoms with Gasteiger partial charge in [0, 0.05) is 42.8 Å². The van der Waals surface area contributed by atoms with Gasteiger partial charge in [-0.2, -0.15) is 5.10 Å². The van der Waals surface area contributed by atoms with Gasteiger partial charge in [-0.1, -0.05) is 5.21 Å². The second-order valence-electron chi connectivity index (χ2n) is 11.0. The van der Waals surface area contributed by atoms with Gasteiger partial charge in [-0.3, -0.25) is 24.2 Å². The Hall–Kier alpha value is -4.16. The quantitative estimate of drug-likeness (QED) is 0.347.